The molecule has 0 amide bonds. The van der Waals surface area contributed by atoms with E-state index < -0.39 is 34.5 Å². The van der Waals surface area contributed by atoms with Crippen molar-refractivity contribution in [2.45, 2.75) is 90.5 Å². The summed E-state index contributed by atoms with van der Waals surface area (Å²) in [7, 11) is 3.68. The first-order valence-electron chi connectivity index (χ1n) is 26.4. The van der Waals surface area contributed by atoms with E-state index in [9.17, 15) is 27.8 Å². The Morgan fingerprint density at radius 1 is 0.513 bits per heavy atom. The van der Waals surface area contributed by atoms with E-state index >= 15 is 0 Å². The van der Waals surface area contributed by atoms with E-state index in [-0.39, 0.29) is 23.9 Å². The maximum atomic E-state index is 14.6. The van der Waals surface area contributed by atoms with Gasteiger partial charge in [-0.25, -0.2) is 26.9 Å². The number of halogens is 4. The number of hydrogen-bond donors (Lipinski definition) is 2. The van der Waals surface area contributed by atoms with Gasteiger partial charge in [0.2, 0.25) is 0 Å². The molecular formula is C60H62F4N10O4. The Balaban J connectivity index is 0.000000165. The number of benzene rings is 4. The average molecular weight is 1060 g/mol. The lowest BCUT2D eigenvalue weighted by molar-refractivity contribution is 0.0551. The average Bonchev–Trinajstić information content (AvgIpc) is 4.10. The fourth-order valence-electron chi connectivity index (χ4n) is 12.0. The Labute approximate surface area is 448 Å². The largest absolute Gasteiger partial charge is 0.386 e. The van der Waals surface area contributed by atoms with Crippen LogP contribution in [-0.2, 0) is 34.8 Å². The van der Waals surface area contributed by atoms with Crippen LogP contribution in [0.4, 0.5) is 17.6 Å². The van der Waals surface area contributed by atoms with Crippen molar-refractivity contribution in [3.05, 3.63) is 154 Å². The van der Waals surface area contributed by atoms with Gasteiger partial charge in [-0.05, 0) is 150 Å². The molecule has 2 saturated heterocycles. The van der Waals surface area contributed by atoms with Crippen LogP contribution in [0.2, 0.25) is 0 Å². The lowest BCUT2D eigenvalue weighted by atomic mass is 9.86. The van der Waals surface area contributed by atoms with Crippen LogP contribution in [0.25, 0.3) is 66.4 Å². The molecule has 78 heavy (non-hydrogen) atoms. The van der Waals surface area contributed by atoms with Crippen molar-refractivity contribution in [3.8, 4) is 22.5 Å². The van der Waals surface area contributed by atoms with Crippen molar-refractivity contribution >= 4 is 43.9 Å². The van der Waals surface area contributed by atoms with E-state index in [0.717, 1.165) is 127 Å². The van der Waals surface area contributed by atoms with E-state index in [1.807, 2.05) is 76.7 Å². The summed E-state index contributed by atoms with van der Waals surface area (Å²) in [6.07, 6.45) is 6.60. The second-order valence-electron chi connectivity index (χ2n) is 22.0. The van der Waals surface area contributed by atoms with Crippen LogP contribution in [0.3, 0.4) is 0 Å². The number of hydrogen-bond acceptors (Lipinski definition) is 10. The van der Waals surface area contributed by atoms with Gasteiger partial charge in [-0.15, -0.1) is 10.2 Å². The zero-order chi connectivity index (χ0) is 54.9. The zero-order valence-electron chi connectivity index (χ0n) is 44.9. The monoisotopic (exact) mass is 1060 g/mol. The van der Waals surface area contributed by atoms with Crippen LogP contribution in [0.5, 0.6) is 0 Å². The third kappa shape index (κ3) is 9.83. The molecule has 2 fully saturated rings. The number of nitrogens with zero attached hydrogens (tertiary/aromatic N) is 10. The minimum absolute atomic E-state index is 0.0632. The Kier molecular flexibility index (Phi) is 13.8. The normalized spacial score (nSPS) is 15.9. The smallest absolute Gasteiger partial charge is 0.126 e. The summed E-state index contributed by atoms with van der Waals surface area (Å²) < 4.78 is 77.7. The van der Waals surface area contributed by atoms with Gasteiger partial charge in [0.1, 0.15) is 23.3 Å². The van der Waals surface area contributed by atoms with Crippen LogP contribution >= 0.6 is 0 Å². The zero-order valence-corrected chi connectivity index (χ0v) is 44.9. The van der Waals surface area contributed by atoms with Crippen LogP contribution < -0.4 is 0 Å². The molecule has 2 unspecified atom stereocenters. The second-order valence-corrected chi connectivity index (χ2v) is 22.0. The fourth-order valence-corrected chi connectivity index (χ4v) is 12.0. The summed E-state index contributed by atoms with van der Waals surface area (Å²) in [6, 6.07) is 22.5. The van der Waals surface area contributed by atoms with Gasteiger partial charge >= 0.3 is 0 Å². The molecule has 12 rings (SSSR count). The Hall–Kier alpha value is -7.38. The minimum atomic E-state index is -1.08. The fraction of sp³-hybridized carbons (Fsp3) is 0.367. The highest BCUT2D eigenvalue weighted by molar-refractivity contribution is 6.08. The molecule has 2 atom stereocenters. The van der Waals surface area contributed by atoms with Crippen molar-refractivity contribution in [2.24, 2.45) is 25.9 Å². The quantitative estimate of drug-likeness (QED) is 0.126. The van der Waals surface area contributed by atoms with Crippen molar-refractivity contribution in [3.63, 3.8) is 0 Å². The molecule has 0 saturated carbocycles. The molecule has 0 spiro atoms. The van der Waals surface area contributed by atoms with Gasteiger partial charge in [-0.3, -0.25) is 9.97 Å². The van der Waals surface area contributed by atoms with Crippen molar-refractivity contribution in [1.82, 2.24) is 49.1 Å². The lowest BCUT2D eigenvalue weighted by Gasteiger charge is -2.33. The van der Waals surface area contributed by atoms with Gasteiger partial charge in [0, 0.05) is 86.9 Å². The summed E-state index contributed by atoms with van der Waals surface area (Å²) >= 11 is 0. The SMILES string of the molecule is Cc1nnn(C)c1-c1cnc2c3ccc(C(C)(C)O)cc3n(C(c3cc(F)cc(F)c3)C3CCOCC3)c2c1.Cc1nnn(C)c1-c1cnc2c3ccc(C(C)(C)O)cc3n(C(c3cc(F)cc(F)c3)C3CCOCC3)c2c1. The molecule has 0 aliphatic carbocycles. The summed E-state index contributed by atoms with van der Waals surface area (Å²) in [5.41, 5.74) is 10.3. The highest BCUT2D eigenvalue weighted by atomic mass is 19.1. The molecule has 404 valence electrons. The van der Waals surface area contributed by atoms with Crippen LogP contribution in [0.1, 0.15) is 99.1 Å². The Morgan fingerprint density at radius 2 is 0.872 bits per heavy atom. The van der Waals surface area contributed by atoms with Crippen LogP contribution in [0.15, 0.2) is 97.3 Å². The van der Waals surface area contributed by atoms with Gasteiger partial charge in [-0.2, -0.15) is 0 Å². The Morgan fingerprint density at radius 3 is 1.19 bits per heavy atom. The summed E-state index contributed by atoms with van der Waals surface area (Å²) in [6.45, 7) is 13.1. The highest BCUT2D eigenvalue weighted by Crippen LogP contribution is 2.45. The number of rotatable bonds is 10. The number of aliphatic hydroxyl groups is 2. The summed E-state index contributed by atoms with van der Waals surface area (Å²) in [4.78, 5) is 9.78. The summed E-state index contributed by atoms with van der Waals surface area (Å²) in [5, 5.41) is 40.3. The molecule has 0 bridgehead atoms. The third-order valence-corrected chi connectivity index (χ3v) is 15.7. The van der Waals surface area contributed by atoms with Gasteiger partial charge in [-0.1, -0.05) is 34.7 Å². The maximum absolute atomic E-state index is 14.6. The summed E-state index contributed by atoms with van der Waals surface area (Å²) in [5.74, 6) is -2.33. The number of ether oxygens (including phenoxy) is 2. The first-order chi connectivity index (χ1) is 37.2. The molecule has 14 nitrogen and oxygen atoms in total. The topological polar surface area (TPSA) is 156 Å². The van der Waals surface area contributed by atoms with E-state index in [2.05, 4.69) is 41.9 Å². The predicted octanol–water partition coefficient (Wildman–Crippen LogP) is 11.6. The number of aromatic nitrogens is 10. The molecule has 18 heteroatoms. The molecule has 2 aliphatic heterocycles. The predicted molar refractivity (Wildman–Crippen MR) is 291 cm³/mol. The third-order valence-electron chi connectivity index (χ3n) is 15.7. The first kappa shape index (κ1) is 52.7. The van der Waals surface area contributed by atoms with Gasteiger partial charge < -0.3 is 28.8 Å². The Bertz CT molecular complexity index is 3560. The van der Waals surface area contributed by atoms with Crippen molar-refractivity contribution in [1.29, 1.82) is 0 Å². The highest BCUT2D eigenvalue weighted by Gasteiger charge is 2.34. The van der Waals surface area contributed by atoms with Crippen LogP contribution in [0, 0.1) is 49.0 Å². The number of pyridine rings is 2. The first-order valence-corrected chi connectivity index (χ1v) is 26.4. The van der Waals surface area contributed by atoms with Crippen molar-refractivity contribution < 1.29 is 37.2 Å². The van der Waals surface area contributed by atoms with E-state index in [1.165, 1.54) is 24.3 Å². The van der Waals surface area contributed by atoms with Gasteiger partial charge in [0.25, 0.3) is 0 Å². The standard InChI is InChI=1S/2C30H31F2N5O2/c2*1-17-28(36(4)35-34-17)20-13-26-27(33-16-20)24-6-5-21(30(2,3)38)14-25(24)37(26)29(18-7-9-39-10-8-18)19-11-22(31)15-23(32)12-19/h2*5-6,11-16,18,29,38H,7-10H2,1-4H3. The molecule has 0 radical (unpaired) electrons. The van der Waals surface area contributed by atoms with Gasteiger partial charge in [0.05, 0.1) is 79.2 Å². The molecule has 4 aromatic carbocycles. The molecule has 10 aromatic rings. The second kappa shape index (κ2) is 20.4. The van der Waals surface area contributed by atoms with Crippen molar-refractivity contribution in [2.75, 3.05) is 26.4 Å². The number of fused-ring (bicyclic) bond motifs is 6. The molecule has 2 aliphatic rings. The van der Waals surface area contributed by atoms with Crippen LogP contribution in [-0.4, -0.2) is 85.7 Å². The minimum Gasteiger partial charge on any atom is -0.386 e. The molecule has 2 N–H and O–H groups in total. The van der Waals surface area contributed by atoms with E-state index in [4.69, 9.17) is 19.4 Å². The molecule has 8 heterocycles. The molecule has 6 aromatic heterocycles. The van der Waals surface area contributed by atoms with E-state index in [0.29, 0.717) is 37.6 Å². The van der Waals surface area contributed by atoms with E-state index in [1.54, 1.807) is 37.1 Å². The maximum Gasteiger partial charge on any atom is 0.126 e. The molecular weight excluding hydrogens is 1000 g/mol. The van der Waals surface area contributed by atoms with Gasteiger partial charge in [0.15, 0.2) is 0 Å². The number of aryl methyl sites for hydroxylation is 4. The lowest BCUT2D eigenvalue weighted by Crippen LogP contribution is -2.27.